The maximum atomic E-state index is 13.0. The lowest BCUT2D eigenvalue weighted by Crippen LogP contribution is -2.40. The molecule has 3 rings (SSSR count). The van der Waals surface area contributed by atoms with E-state index >= 15 is 0 Å². The predicted octanol–water partition coefficient (Wildman–Crippen LogP) is 3.10. The van der Waals surface area contributed by atoms with Crippen molar-refractivity contribution in [3.63, 3.8) is 0 Å². The molecule has 0 saturated heterocycles. The second kappa shape index (κ2) is 9.14. The topological polar surface area (TPSA) is 67.2 Å². The first-order chi connectivity index (χ1) is 14.0. The molecule has 1 N–H and O–H groups in total. The molecule has 0 atom stereocenters. The monoisotopic (exact) mass is 394 g/mol. The van der Waals surface area contributed by atoms with E-state index in [1.165, 1.54) is 23.2 Å². The van der Waals surface area contributed by atoms with Crippen LogP contribution in [0.2, 0.25) is 0 Å². The number of benzene rings is 2. The van der Waals surface area contributed by atoms with Crippen molar-refractivity contribution in [3.05, 3.63) is 83.4 Å². The van der Waals surface area contributed by atoms with E-state index in [1.807, 2.05) is 44.2 Å². The van der Waals surface area contributed by atoms with E-state index in [0.717, 1.165) is 11.3 Å². The summed E-state index contributed by atoms with van der Waals surface area (Å²) in [6, 6.07) is 15.5. The van der Waals surface area contributed by atoms with Crippen LogP contribution >= 0.6 is 0 Å². The maximum absolute atomic E-state index is 13.0. The second-order valence-electron chi connectivity index (χ2n) is 6.61. The Bertz CT molecular complexity index is 984. The number of carbonyl (C=O) groups is 2. The Morgan fingerprint density at radius 3 is 2.45 bits per heavy atom. The molecule has 0 aliphatic carbocycles. The number of amides is 2. The molecule has 0 saturated carbocycles. The molecule has 0 unspecified atom stereocenters. The summed E-state index contributed by atoms with van der Waals surface area (Å²) in [7, 11) is 0. The van der Waals surface area contributed by atoms with Crippen molar-refractivity contribution >= 4 is 11.8 Å². The summed E-state index contributed by atoms with van der Waals surface area (Å²) in [5, 5.41) is 7.08. The first-order valence-electron chi connectivity index (χ1n) is 9.40. The highest BCUT2D eigenvalue weighted by Gasteiger charge is 2.22. The van der Waals surface area contributed by atoms with Crippen molar-refractivity contribution in [1.82, 2.24) is 20.0 Å². The molecule has 0 fully saturated rings. The molecule has 0 spiro atoms. The van der Waals surface area contributed by atoms with Gasteiger partial charge in [0.05, 0.1) is 29.7 Å². The molecule has 0 aliphatic rings. The van der Waals surface area contributed by atoms with Crippen LogP contribution in [-0.2, 0) is 11.3 Å². The van der Waals surface area contributed by atoms with Gasteiger partial charge in [0.15, 0.2) is 0 Å². The molecule has 3 aromatic rings. The molecule has 0 radical (unpaired) electrons. The molecule has 29 heavy (non-hydrogen) atoms. The molecular formula is C22H23FN4O2. The number of aromatic nitrogens is 2. The molecule has 0 bridgehead atoms. The molecule has 150 valence electrons. The standard InChI is InChI=1S/C22H23FN4O2/c1-3-26(15-21(28)24-13-17-9-11-18(23)12-10-17)22(29)20-14-25-27(16(20)2)19-7-5-4-6-8-19/h4-12,14H,3,13,15H2,1-2H3,(H,24,28). The van der Waals surface area contributed by atoms with Gasteiger partial charge in [0.25, 0.3) is 5.91 Å². The van der Waals surface area contributed by atoms with E-state index in [2.05, 4.69) is 10.4 Å². The Hall–Kier alpha value is -3.48. The highest BCUT2D eigenvalue weighted by atomic mass is 19.1. The van der Waals surface area contributed by atoms with Crippen molar-refractivity contribution in [2.75, 3.05) is 13.1 Å². The van der Waals surface area contributed by atoms with Crippen LogP contribution in [0, 0.1) is 12.7 Å². The molecule has 7 heteroatoms. The summed E-state index contributed by atoms with van der Waals surface area (Å²) >= 11 is 0. The quantitative estimate of drug-likeness (QED) is 0.670. The van der Waals surface area contributed by atoms with Gasteiger partial charge in [-0.05, 0) is 43.7 Å². The second-order valence-corrected chi connectivity index (χ2v) is 6.61. The van der Waals surface area contributed by atoms with Crippen molar-refractivity contribution in [2.45, 2.75) is 20.4 Å². The van der Waals surface area contributed by atoms with Gasteiger partial charge in [-0.2, -0.15) is 5.10 Å². The minimum absolute atomic E-state index is 0.0630. The number of halogens is 1. The number of hydrogen-bond donors (Lipinski definition) is 1. The molecule has 0 aliphatic heterocycles. The van der Waals surface area contributed by atoms with Gasteiger partial charge in [-0.1, -0.05) is 30.3 Å². The average molecular weight is 394 g/mol. The van der Waals surface area contributed by atoms with E-state index in [0.29, 0.717) is 17.8 Å². The average Bonchev–Trinajstić information content (AvgIpc) is 3.13. The third-order valence-electron chi connectivity index (χ3n) is 4.65. The van der Waals surface area contributed by atoms with Crippen LogP contribution in [0.5, 0.6) is 0 Å². The van der Waals surface area contributed by atoms with E-state index in [-0.39, 0.29) is 30.7 Å². The maximum Gasteiger partial charge on any atom is 0.257 e. The largest absolute Gasteiger partial charge is 0.350 e. The SMILES string of the molecule is CCN(CC(=O)NCc1ccc(F)cc1)C(=O)c1cnn(-c2ccccc2)c1C. The first kappa shape index (κ1) is 20.3. The van der Waals surface area contributed by atoms with Gasteiger partial charge in [0.1, 0.15) is 5.82 Å². The van der Waals surface area contributed by atoms with E-state index in [9.17, 15) is 14.0 Å². The highest BCUT2D eigenvalue weighted by Crippen LogP contribution is 2.15. The van der Waals surface area contributed by atoms with Gasteiger partial charge in [-0.15, -0.1) is 0 Å². The van der Waals surface area contributed by atoms with Gasteiger partial charge < -0.3 is 10.2 Å². The number of hydrogen-bond acceptors (Lipinski definition) is 3. The summed E-state index contributed by atoms with van der Waals surface area (Å²) in [5.74, 6) is -0.851. The molecule has 6 nitrogen and oxygen atoms in total. The molecule has 2 aromatic carbocycles. The Kier molecular flexibility index (Phi) is 6.39. The summed E-state index contributed by atoms with van der Waals surface area (Å²) in [6.45, 7) is 4.25. The Morgan fingerprint density at radius 1 is 1.10 bits per heavy atom. The number of likely N-dealkylation sites (N-methyl/N-ethyl adjacent to an activating group) is 1. The zero-order valence-electron chi connectivity index (χ0n) is 16.4. The molecule has 1 heterocycles. The van der Waals surface area contributed by atoms with Crippen molar-refractivity contribution in [3.8, 4) is 5.69 Å². The fraction of sp³-hybridized carbons (Fsp3) is 0.227. The summed E-state index contributed by atoms with van der Waals surface area (Å²) in [4.78, 5) is 26.7. The zero-order valence-corrected chi connectivity index (χ0v) is 16.4. The third kappa shape index (κ3) is 4.87. The zero-order chi connectivity index (χ0) is 20.8. The lowest BCUT2D eigenvalue weighted by atomic mass is 10.2. The van der Waals surface area contributed by atoms with Crippen LogP contribution in [0.4, 0.5) is 4.39 Å². The minimum Gasteiger partial charge on any atom is -0.350 e. The summed E-state index contributed by atoms with van der Waals surface area (Å²) in [6.07, 6.45) is 1.53. The number of carbonyl (C=O) groups excluding carboxylic acids is 2. The fourth-order valence-corrected chi connectivity index (χ4v) is 2.98. The molecule has 2 amide bonds. The van der Waals surface area contributed by atoms with Crippen LogP contribution in [0.25, 0.3) is 5.69 Å². The number of nitrogens with zero attached hydrogens (tertiary/aromatic N) is 3. The third-order valence-corrected chi connectivity index (χ3v) is 4.65. The van der Waals surface area contributed by atoms with Crippen molar-refractivity contribution < 1.29 is 14.0 Å². The number of nitrogens with one attached hydrogen (secondary N) is 1. The lowest BCUT2D eigenvalue weighted by molar-refractivity contribution is -0.121. The van der Waals surface area contributed by atoms with Crippen molar-refractivity contribution in [2.24, 2.45) is 0 Å². The van der Waals surface area contributed by atoms with E-state index in [4.69, 9.17) is 0 Å². The Balaban J connectivity index is 1.65. The molecular weight excluding hydrogens is 371 g/mol. The summed E-state index contributed by atoms with van der Waals surface area (Å²) < 4.78 is 14.7. The lowest BCUT2D eigenvalue weighted by Gasteiger charge is -2.20. The normalized spacial score (nSPS) is 10.6. The van der Waals surface area contributed by atoms with Gasteiger partial charge in [0, 0.05) is 13.1 Å². The number of rotatable bonds is 7. The fourth-order valence-electron chi connectivity index (χ4n) is 2.98. The summed E-state index contributed by atoms with van der Waals surface area (Å²) in [5.41, 5.74) is 2.83. The van der Waals surface area contributed by atoms with Gasteiger partial charge >= 0.3 is 0 Å². The van der Waals surface area contributed by atoms with Crippen LogP contribution in [-0.4, -0.2) is 39.6 Å². The van der Waals surface area contributed by atoms with Gasteiger partial charge in [-0.25, -0.2) is 9.07 Å². The van der Waals surface area contributed by atoms with Crippen molar-refractivity contribution in [1.29, 1.82) is 0 Å². The first-order valence-corrected chi connectivity index (χ1v) is 9.40. The minimum atomic E-state index is -0.325. The van der Waals surface area contributed by atoms with Crippen LogP contribution < -0.4 is 5.32 Å². The van der Waals surface area contributed by atoms with Gasteiger partial charge in [0.2, 0.25) is 5.91 Å². The van der Waals surface area contributed by atoms with Crippen LogP contribution in [0.3, 0.4) is 0 Å². The predicted molar refractivity (Wildman–Crippen MR) is 108 cm³/mol. The van der Waals surface area contributed by atoms with Crippen LogP contribution in [0.15, 0.2) is 60.8 Å². The smallest absolute Gasteiger partial charge is 0.257 e. The van der Waals surface area contributed by atoms with E-state index < -0.39 is 0 Å². The van der Waals surface area contributed by atoms with E-state index in [1.54, 1.807) is 16.8 Å². The molecule has 1 aromatic heterocycles. The van der Waals surface area contributed by atoms with Gasteiger partial charge in [-0.3, -0.25) is 9.59 Å². The highest BCUT2D eigenvalue weighted by molar-refractivity contribution is 5.97. The number of para-hydroxylation sites is 1. The Labute approximate surface area is 169 Å². The van der Waals surface area contributed by atoms with Crippen LogP contribution in [0.1, 0.15) is 28.5 Å². The Morgan fingerprint density at radius 2 is 1.79 bits per heavy atom.